The van der Waals surface area contributed by atoms with Crippen molar-refractivity contribution in [3.8, 4) is 0 Å². The number of ether oxygens (including phenoxy) is 1. The van der Waals surface area contributed by atoms with Gasteiger partial charge in [-0.2, -0.15) is 10.2 Å². The third-order valence-electron chi connectivity index (χ3n) is 4.93. The molecule has 0 spiro atoms. The predicted molar refractivity (Wildman–Crippen MR) is 116 cm³/mol. The van der Waals surface area contributed by atoms with Crippen molar-refractivity contribution < 1.29 is 9.53 Å². The van der Waals surface area contributed by atoms with Crippen molar-refractivity contribution >= 4 is 23.1 Å². The van der Waals surface area contributed by atoms with Gasteiger partial charge in [0.1, 0.15) is 0 Å². The van der Waals surface area contributed by atoms with Gasteiger partial charge >= 0.3 is 6.03 Å². The molecule has 1 aliphatic rings. The fraction of sp³-hybridized carbons (Fsp3) is 0.435. The van der Waals surface area contributed by atoms with Crippen molar-refractivity contribution in [3.05, 3.63) is 54.6 Å². The van der Waals surface area contributed by atoms with Crippen molar-refractivity contribution in [3.63, 3.8) is 0 Å². The van der Waals surface area contributed by atoms with Crippen molar-refractivity contribution in [1.29, 1.82) is 0 Å². The Kier molecular flexibility index (Phi) is 7.76. The first-order valence-electron chi connectivity index (χ1n) is 10.3. The highest BCUT2D eigenvalue weighted by atomic mass is 16.5. The van der Waals surface area contributed by atoms with E-state index in [1.807, 2.05) is 59.5 Å². The fourth-order valence-corrected chi connectivity index (χ4v) is 3.12. The molecule has 0 saturated carbocycles. The predicted octanol–water partition coefficient (Wildman–Crippen LogP) is 6.16. The summed E-state index contributed by atoms with van der Waals surface area (Å²) < 4.78 is 5.93. The van der Waals surface area contributed by atoms with E-state index < -0.39 is 0 Å². The molecule has 154 valence electrons. The number of carbonyl (C=O) groups is 1. The second-order valence-corrected chi connectivity index (χ2v) is 7.75. The monoisotopic (exact) mass is 394 g/mol. The normalized spacial score (nSPS) is 15.2. The van der Waals surface area contributed by atoms with Gasteiger partial charge in [-0.3, -0.25) is 0 Å². The fourth-order valence-electron chi connectivity index (χ4n) is 3.12. The number of nitrogens with one attached hydrogen (secondary N) is 1. The van der Waals surface area contributed by atoms with E-state index >= 15 is 0 Å². The molecule has 2 aromatic carbocycles. The number of carbonyl (C=O) groups excluding carboxylic acids is 1. The summed E-state index contributed by atoms with van der Waals surface area (Å²) in [6.45, 7) is 6.66. The van der Waals surface area contributed by atoms with Crippen LogP contribution in [0.4, 0.5) is 21.9 Å². The molecule has 1 aliphatic heterocycles. The van der Waals surface area contributed by atoms with E-state index in [-0.39, 0.29) is 12.1 Å². The molecule has 1 saturated heterocycles. The number of rotatable bonds is 7. The van der Waals surface area contributed by atoms with E-state index in [0.717, 1.165) is 56.0 Å². The molecule has 0 aliphatic carbocycles. The van der Waals surface area contributed by atoms with Crippen LogP contribution in [0.3, 0.4) is 0 Å². The molecular formula is C23H30N4O2. The van der Waals surface area contributed by atoms with Crippen LogP contribution >= 0.6 is 0 Å². The molecule has 1 fully saturated rings. The van der Waals surface area contributed by atoms with Crippen LogP contribution in [0, 0.1) is 5.92 Å². The number of amides is 2. The van der Waals surface area contributed by atoms with Crippen LogP contribution in [0.1, 0.15) is 33.1 Å². The Morgan fingerprint density at radius 3 is 2.28 bits per heavy atom. The molecule has 1 heterocycles. The van der Waals surface area contributed by atoms with Crippen molar-refractivity contribution in [2.45, 2.75) is 39.2 Å². The molecule has 2 amide bonds. The van der Waals surface area contributed by atoms with Crippen LogP contribution in [0.2, 0.25) is 0 Å². The van der Waals surface area contributed by atoms with Crippen molar-refractivity contribution in [2.24, 2.45) is 16.1 Å². The minimum atomic E-state index is -0.0655. The van der Waals surface area contributed by atoms with Crippen LogP contribution in [0.15, 0.2) is 64.8 Å². The lowest BCUT2D eigenvalue weighted by Gasteiger charge is -2.32. The van der Waals surface area contributed by atoms with E-state index in [9.17, 15) is 4.79 Å². The molecule has 0 aromatic heterocycles. The largest absolute Gasteiger partial charge is 0.378 e. The van der Waals surface area contributed by atoms with Crippen LogP contribution < -0.4 is 5.32 Å². The first kappa shape index (κ1) is 21.0. The zero-order valence-electron chi connectivity index (χ0n) is 17.3. The number of hydrogen-bond acceptors (Lipinski definition) is 4. The molecule has 0 atom stereocenters. The van der Waals surface area contributed by atoms with Gasteiger partial charge in [0.2, 0.25) is 0 Å². The summed E-state index contributed by atoms with van der Waals surface area (Å²) in [5.74, 6) is 0.659. The maximum atomic E-state index is 12.5. The zero-order valence-corrected chi connectivity index (χ0v) is 17.3. The maximum Gasteiger partial charge on any atom is 0.321 e. The van der Waals surface area contributed by atoms with Crippen molar-refractivity contribution in [1.82, 2.24) is 4.90 Å². The summed E-state index contributed by atoms with van der Waals surface area (Å²) in [7, 11) is 0. The Morgan fingerprint density at radius 1 is 1.03 bits per heavy atom. The summed E-state index contributed by atoms with van der Waals surface area (Å²) in [6, 6.07) is 16.9. The third kappa shape index (κ3) is 6.98. The Balaban J connectivity index is 1.43. The number of benzene rings is 2. The van der Waals surface area contributed by atoms with Crippen LogP contribution in [0.5, 0.6) is 0 Å². The van der Waals surface area contributed by atoms with Gasteiger partial charge in [0.05, 0.1) is 17.5 Å². The van der Waals surface area contributed by atoms with Gasteiger partial charge in [0, 0.05) is 25.4 Å². The lowest BCUT2D eigenvalue weighted by molar-refractivity contribution is 0.0112. The maximum absolute atomic E-state index is 12.5. The minimum absolute atomic E-state index is 0.0655. The number of piperidine rings is 1. The van der Waals surface area contributed by atoms with Crippen molar-refractivity contribution in [2.75, 3.05) is 25.0 Å². The van der Waals surface area contributed by atoms with Crippen LogP contribution in [0.25, 0.3) is 0 Å². The highest BCUT2D eigenvalue weighted by Gasteiger charge is 2.23. The zero-order chi connectivity index (χ0) is 20.5. The van der Waals surface area contributed by atoms with Crippen LogP contribution in [-0.4, -0.2) is 36.7 Å². The van der Waals surface area contributed by atoms with Gasteiger partial charge in [-0.15, -0.1) is 0 Å². The second-order valence-electron chi connectivity index (χ2n) is 7.75. The highest BCUT2D eigenvalue weighted by molar-refractivity contribution is 5.89. The molecule has 0 bridgehead atoms. The number of likely N-dealkylation sites (tertiary alicyclic amines) is 1. The van der Waals surface area contributed by atoms with E-state index in [2.05, 4.69) is 29.4 Å². The summed E-state index contributed by atoms with van der Waals surface area (Å²) in [6.07, 6.45) is 3.14. The Labute approximate surface area is 173 Å². The first-order valence-corrected chi connectivity index (χ1v) is 10.3. The number of urea groups is 1. The quantitative estimate of drug-likeness (QED) is 0.571. The van der Waals surface area contributed by atoms with Gasteiger partial charge in [-0.1, -0.05) is 32.0 Å². The first-order chi connectivity index (χ1) is 14.1. The molecule has 6 heteroatoms. The van der Waals surface area contributed by atoms with Gasteiger partial charge in [-0.25, -0.2) is 4.79 Å². The van der Waals surface area contributed by atoms with E-state index in [1.54, 1.807) is 0 Å². The summed E-state index contributed by atoms with van der Waals surface area (Å²) in [5.41, 5.74) is 2.30. The van der Waals surface area contributed by atoms with Gasteiger partial charge in [0.25, 0.3) is 0 Å². The number of nitrogens with zero attached hydrogens (tertiary/aromatic N) is 3. The standard InChI is InChI=1S/C23H30N4O2/c1-18(2)14-17-29-22-12-15-27(16-13-22)23(28)24-19-8-10-21(11-9-19)26-25-20-6-4-3-5-7-20/h3-11,18,22H,12-17H2,1-2H3,(H,24,28). The molecule has 29 heavy (non-hydrogen) atoms. The summed E-state index contributed by atoms with van der Waals surface area (Å²) in [4.78, 5) is 14.4. The van der Waals surface area contributed by atoms with E-state index in [0.29, 0.717) is 5.92 Å². The van der Waals surface area contributed by atoms with Crippen LogP contribution in [-0.2, 0) is 4.74 Å². The Bertz CT molecular complexity index is 782. The van der Waals surface area contributed by atoms with Gasteiger partial charge in [0.15, 0.2) is 0 Å². The number of anilines is 1. The Morgan fingerprint density at radius 2 is 1.66 bits per heavy atom. The molecule has 0 radical (unpaired) electrons. The highest BCUT2D eigenvalue weighted by Crippen LogP contribution is 2.21. The number of hydrogen-bond donors (Lipinski definition) is 1. The molecule has 1 N–H and O–H groups in total. The van der Waals surface area contributed by atoms with Gasteiger partial charge < -0.3 is 15.0 Å². The summed E-state index contributed by atoms with van der Waals surface area (Å²) >= 11 is 0. The summed E-state index contributed by atoms with van der Waals surface area (Å²) in [5, 5.41) is 11.4. The molecular weight excluding hydrogens is 364 g/mol. The molecule has 6 nitrogen and oxygen atoms in total. The minimum Gasteiger partial charge on any atom is -0.378 e. The average Bonchev–Trinajstić information content (AvgIpc) is 2.74. The van der Waals surface area contributed by atoms with Gasteiger partial charge in [-0.05, 0) is 61.6 Å². The Hall–Kier alpha value is -2.73. The molecule has 2 aromatic rings. The van der Waals surface area contributed by atoms with E-state index in [1.165, 1.54) is 0 Å². The SMILES string of the molecule is CC(C)CCOC1CCN(C(=O)Nc2ccc(N=Nc3ccccc3)cc2)CC1. The lowest BCUT2D eigenvalue weighted by Crippen LogP contribution is -2.43. The van der Waals surface area contributed by atoms with E-state index in [4.69, 9.17) is 4.74 Å². The molecule has 3 rings (SSSR count). The average molecular weight is 395 g/mol. The lowest BCUT2D eigenvalue weighted by atomic mass is 10.1. The second kappa shape index (κ2) is 10.7. The third-order valence-corrected chi connectivity index (χ3v) is 4.93. The smallest absolute Gasteiger partial charge is 0.321 e. The number of azo groups is 1. The topological polar surface area (TPSA) is 66.3 Å². The molecule has 0 unspecified atom stereocenters.